The lowest BCUT2D eigenvalue weighted by molar-refractivity contribution is -0.373. The highest BCUT2D eigenvalue weighted by atomic mass is 16.6. The van der Waals surface area contributed by atoms with Crippen LogP contribution in [0.2, 0.25) is 0 Å². The van der Waals surface area contributed by atoms with E-state index in [0.29, 0.717) is 19.4 Å². The molecule has 6 nitrogen and oxygen atoms in total. The SMILES string of the molecule is C[C@H]1C[C@H](O)[C@@]23CO[C@]2(CO)CCC[C@@H]3[C@]12C[C@@H](c1ccoc1)OC2=O. The summed E-state index contributed by atoms with van der Waals surface area (Å²) >= 11 is 0. The van der Waals surface area contributed by atoms with Crippen LogP contribution in [-0.4, -0.2) is 41.1 Å². The Balaban J connectivity index is 1.59. The van der Waals surface area contributed by atoms with Crippen molar-refractivity contribution in [2.24, 2.45) is 22.7 Å². The Morgan fingerprint density at radius 1 is 1.38 bits per heavy atom. The van der Waals surface area contributed by atoms with Crippen molar-refractivity contribution in [2.75, 3.05) is 13.2 Å². The van der Waals surface area contributed by atoms with Crippen molar-refractivity contribution in [1.82, 2.24) is 0 Å². The van der Waals surface area contributed by atoms with Crippen LogP contribution in [-0.2, 0) is 14.3 Å². The molecular formula is C20H26O6. The Morgan fingerprint density at radius 3 is 2.88 bits per heavy atom. The molecule has 6 heteroatoms. The van der Waals surface area contributed by atoms with Crippen molar-refractivity contribution >= 4 is 5.97 Å². The highest BCUT2D eigenvalue weighted by Gasteiger charge is 2.77. The van der Waals surface area contributed by atoms with Crippen molar-refractivity contribution in [2.45, 2.75) is 56.8 Å². The predicted molar refractivity (Wildman–Crippen MR) is 89.9 cm³/mol. The zero-order chi connectivity index (χ0) is 18.2. The van der Waals surface area contributed by atoms with Gasteiger partial charge in [-0.25, -0.2) is 0 Å². The number of carbonyl (C=O) groups excluding carboxylic acids is 1. The molecule has 142 valence electrons. The van der Waals surface area contributed by atoms with Crippen molar-refractivity contribution in [1.29, 1.82) is 0 Å². The van der Waals surface area contributed by atoms with Crippen molar-refractivity contribution in [3.63, 3.8) is 0 Å². The predicted octanol–water partition coefficient (Wildman–Crippen LogP) is 2.20. The molecule has 26 heavy (non-hydrogen) atoms. The maximum atomic E-state index is 13.3. The third kappa shape index (κ3) is 1.71. The number of esters is 1. The smallest absolute Gasteiger partial charge is 0.313 e. The molecule has 4 aliphatic rings. The molecule has 0 bridgehead atoms. The minimum absolute atomic E-state index is 0.0209. The molecule has 2 saturated heterocycles. The molecule has 2 N–H and O–H groups in total. The van der Waals surface area contributed by atoms with Crippen LogP contribution in [0.25, 0.3) is 0 Å². The Kier molecular flexibility index (Phi) is 3.44. The first kappa shape index (κ1) is 16.8. The molecule has 7 atom stereocenters. The minimum Gasteiger partial charge on any atom is -0.472 e. The fourth-order valence-corrected chi connectivity index (χ4v) is 6.74. The number of cyclic esters (lactones) is 1. The normalized spacial score (nSPS) is 50.0. The van der Waals surface area contributed by atoms with E-state index in [1.165, 1.54) is 0 Å². The summed E-state index contributed by atoms with van der Waals surface area (Å²) in [6.45, 7) is 2.37. The first-order valence-corrected chi connectivity index (χ1v) is 9.66. The largest absolute Gasteiger partial charge is 0.472 e. The van der Waals surface area contributed by atoms with Gasteiger partial charge >= 0.3 is 5.97 Å². The van der Waals surface area contributed by atoms with Gasteiger partial charge < -0.3 is 24.1 Å². The second-order valence-electron chi connectivity index (χ2n) is 8.77. The van der Waals surface area contributed by atoms with Crippen molar-refractivity contribution in [3.05, 3.63) is 24.2 Å². The number of fused-ring (bicyclic) bond motifs is 1. The van der Waals surface area contributed by atoms with Crippen LogP contribution >= 0.6 is 0 Å². The quantitative estimate of drug-likeness (QED) is 0.784. The number of furan rings is 1. The Labute approximate surface area is 152 Å². The Bertz CT molecular complexity index is 712. The lowest BCUT2D eigenvalue weighted by atomic mass is 9.40. The van der Waals surface area contributed by atoms with Crippen LogP contribution in [0.1, 0.15) is 50.7 Å². The van der Waals surface area contributed by atoms with Gasteiger partial charge in [0.15, 0.2) is 0 Å². The summed E-state index contributed by atoms with van der Waals surface area (Å²) in [5.41, 5.74) is -1.00. The third-order valence-electron chi connectivity index (χ3n) is 8.13. The highest BCUT2D eigenvalue weighted by molar-refractivity contribution is 5.81. The van der Waals surface area contributed by atoms with Crippen molar-refractivity contribution < 1.29 is 28.9 Å². The number of aliphatic hydroxyl groups excluding tert-OH is 2. The summed E-state index contributed by atoms with van der Waals surface area (Å²) < 4.78 is 16.9. The highest BCUT2D eigenvalue weighted by Crippen LogP contribution is 2.71. The second kappa shape index (κ2) is 5.33. The number of carbonyl (C=O) groups is 1. The van der Waals surface area contributed by atoms with E-state index in [4.69, 9.17) is 13.9 Å². The summed E-state index contributed by atoms with van der Waals surface area (Å²) in [6.07, 6.45) is 6.00. The monoisotopic (exact) mass is 362 g/mol. The molecule has 3 heterocycles. The van der Waals surface area contributed by atoms with Crippen LogP contribution in [0.4, 0.5) is 0 Å². The second-order valence-corrected chi connectivity index (χ2v) is 8.77. The summed E-state index contributed by atoms with van der Waals surface area (Å²) in [6, 6.07) is 1.85. The van der Waals surface area contributed by atoms with E-state index in [9.17, 15) is 15.0 Å². The number of hydrogen-bond acceptors (Lipinski definition) is 6. The molecule has 2 aliphatic heterocycles. The molecule has 2 aliphatic carbocycles. The van der Waals surface area contributed by atoms with E-state index in [1.54, 1.807) is 12.5 Å². The average molecular weight is 362 g/mol. The van der Waals surface area contributed by atoms with Gasteiger partial charge in [0.1, 0.15) is 11.7 Å². The van der Waals surface area contributed by atoms with Crippen molar-refractivity contribution in [3.8, 4) is 0 Å². The molecule has 2 spiro atoms. The van der Waals surface area contributed by atoms with Gasteiger partial charge in [0.25, 0.3) is 0 Å². The van der Waals surface area contributed by atoms with E-state index < -0.39 is 22.5 Å². The lowest BCUT2D eigenvalue weighted by Gasteiger charge is -2.71. The number of aliphatic hydroxyl groups is 2. The Hall–Kier alpha value is -1.37. The molecule has 4 fully saturated rings. The maximum Gasteiger partial charge on any atom is 0.313 e. The first-order valence-electron chi connectivity index (χ1n) is 9.66. The first-order chi connectivity index (χ1) is 12.5. The van der Waals surface area contributed by atoms with Crippen LogP contribution in [0, 0.1) is 22.7 Å². The molecule has 1 aromatic rings. The molecule has 5 rings (SSSR count). The van der Waals surface area contributed by atoms with Gasteiger partial charge in [-0.2, -0.15) is 0 Å². The molecule has 1 aromatic heterocycles. The zero-order valence-corrected chi connectivity index (χ0v) is 15.0. The van der Waals surface area contributed by atoms with Gasteiger partial charge in [0, 0.05) is 12.0 Å². The number of ether oxygens (including phenoxy) is 2. The summed E-state index contributed by atoms with van der Waals surface area (Å²) in [7, 11) is 0. The summed E-state index contributed by atoms with van der Waals surface area (Å²) in [4.78, 5) is 13.3. The van der Waals surface area contributed by atoms with Crippen LogP contribution < -0.4 is 0 Å². The standard InChI is InChI=1S/C20H26O6/c1-12-7-16(22)20-11-25-18(20,10-21)5-2-3-15(20)19(12)8-14(26-17(19)23)13-4-6-24-9-13/h4,6,9,12,14-16,21-22H,2-3,5,7-8,10-11H2,1H3/t12-,14-,15+,16-,18-,19-,20-/m0/s1. The molecular weight excluding hydrogens is 336 g/mol. The van der Waals surface area contributed by atoms with Gasteiger partial charge in [0.2, 0.25) is 0 Å². The third-order valence-corrected chi connectivity index (χ3v) is 8.13. The molecule has 0 aromatic carbocycles. The maximum absolute atomic E-state index is 13.3. The molecule has 0 radical (unpaired) electrons. The topological polar surface area (TPSA) is 89.1 Å². The van der Waals surface area contributed by atoms with Crippen LogP contribution in [0.5, 0.6) is 0 Å². The average Bonchev–Trinajstić information content (AvgIpc) is 3.23. The van der Waals surface area contributed by atoms with Gasteiger partial charge in [-0.15, -0.1) is 0 Å². The molecule has 0 unspecified atom stereocenters. The fraction of sp³-hybridized carbons (Fsp3) is 0.750. The van der Waals surface area contributed by atoms with Gasteiger partial charge in [-0.05, 0) is 37.2 Å². The van der Waals surface area contributed by atoms with E-state index in [-0.39, 0.29) is 30.5 Å². The van der Waals surface area contributed by atoms with E-state index in [1.807, 2.05) is 6.07 Å². The fourth-order valence-electron chi connectivity index (χ4n) is 6.74. The minimum atomic E-state index is -0.712. The van der Waals surface area contributed by atoms with E-state index >= 15 is 0 Å². The molecule has 0 amide bonds. The zero-order valence-electron chi connectivity index (χ0n) is 15.0. The summed E-state index contributed by atoms with van der Waals surface area (Å²) in [5, 5.41) is 21.2. The van der Waals surface area contributed by atoms with E-state index in [0.717, 1.165) is 24.8 Å². The van der Waals surface area contributed by atoms with Crippen LogP contribution in [0.3, 0.4) is 0 Å². The summed E-state index contributed by atoms with van der Waals surface area (Å²) in [5.74, 6) is -0.173. The number of rotatable bonds is 2. The number of hydrogen-bond donors (Lipinski definition) is 2. The van der Waals surface area contributed by atoms with Gasteiger partial charge in [0.05, 0.1) is 42.7 Å². The van der Waals surface area contributed by atoms with Crippen LogP contribution in [0.15, 0.2) is 23.0 Å². The van der Waals surface area contributed by atoms with E-state index in [2.05, 4.69) is 6.92 Å². The van der Waals surface area contributed by atoms with Gasteiger partial charge in [-0.3, -0.25) is 4.79 Å². The Morgan fingerprint density at radius 2 is 2.23 bits per heavy atom. The molecule has 2 saturated carbocycles. The van der Waals surface area contributed by atoms with Gasteiger partial charge in [-0.1, -0.05) is 13.3 Å². The lowest BCUT2D eigenvalue weighted by Crippen LogP contribution is -2.79.